The van der Waals surface area contributed by atoms with Crippen molar-refractivity contribution in [1.29, 1.82) is 0 Å². The Kier molecular flexibility index (Phi) is 5.64. The Morgan fingerprint density at radius 1 is 1.12 bits per heavy atom. The first-order valence-electron chi connectivity index (χ1n) is 7.52. The van der Waals surface area contributed by atoms with Gasteiger partial charge in [-0.25, -0.2) is 8.78 Å². The third kappa shape index (κ3) is 4.37. The van der Waals surface area contributed by atoms with Crippen LogP contribution in [0.25, 0.3) is 0 Å². The van der Waals surface area contributed by atoms with E-state index in [4.69, 9.17) is 5.73 Å². The van der Waals surface area contributed by atoms with Gasteiger partial charge in [0.25, 0.3) is 0 Å². The summed E-state index contributed by atoms with van der Waals surface area (Å²) in [4.78, 5) is 11.3. The van der Waals surface area contributed by atoms with Crippen LogP contribution in [0.2, 0.25) is 0 Å². The number of nitrogens with one attached hydrogen (secondary N) is 1. The molecule has 0 bridgehead atoms. The molecular formula is C18H20F2N2O2. The Hall–Kier alpha value is -2.31. The number of rotatable bonds is 6. The number of hydrogen-bond donors (Lipinski definition) is 3. The molecule has 24 heavy (non-hydrogen) atoms. The van der Waals surface area contributed by atoms with E-state index in [1.807, 2.05) is 0 Å². The van der Waals surface area contributed by atoms with Gasteiger partial charge in [0.1, 0.15) is 11.6 Å². The Morgan fingerprint density at radius 3 is 2.17 bits per heavy atom. The molecule has 4 N–H and O–H groups in total. The van der Waals surface area contributed by atoms with Gasteiger partial charge in [-0.05, 0) is 60.4 Å². The molecular weight excluding hydrogens is 314 g/mol. The molecule has 2 rings (SSSR count). The van der Waals surface area contributed by atoms with Crippen molar-refractivity contribution in [3.63, 3.8) is 0 Å². The maximum atomic E-state index is 13.1. The molecule has 0 aliphatic carbocycles. The fourth-order valence-corrected chi connectivity index (χ4v) is 2.81. The molecule has 0 heterocycles. The van der Waals surface area contributed by atoms with Crippen molar-refractivity contribution in [2.75, 3.05) is 6.54 Å². The lowest BCUT2D eigenvalue weighted by atomic mass is 9.95. The lowest BCUT2D eigenvalue weighted by Gasteiger charge is -2.18. The maximum Gasteiger partial charge on any atom is 0.248 e. The Morgan fingerprint density at radius 2 is 1.67 bits per heavy atom. The van der Waals surface area contributed by atoms with E-state index in [0.717, 1.165) is 17.2 Å². The first kappa shape index (κ1) is 18.0. The molecule has 2 aromatic rings. The second kappa shape index (κ2) is 7.51. The second-order valence-corrected chi connectivity index (χ2v) is 5.81. The number of carbonyl (C=O) groups is 1. The highest BCUT2D eigenvalue weighted by Gasteiger charge is 2.15. The zero-order chi connectivity index (χ0) is 17.9. The standard InChI is InChI=1S/C18H20F2N2O2/c1-10-3-13(18(21)24)4-11(2)17(10)16(23)9-22-8-12-5-14(19)7-15(20)6-12/h3-7,16,22-23H,8-9H2,1-2H3,(H2,21,24). The van der Waals surface area contributed by atoms with E-state index in [2.05, 4.69) is 5.32 Å². The molecule has 4 nitrogen and oxygen atoms in total. The summed E-state index contributed by atoms with van der Waals surface area (Å²) < 4.78 is 26.3. The van der Waals surface area contributed by atoms with Gasteiger partial charge in [-0.1, -0.05) is 0 Å². The number of primary amides is 1. The molecule has 1 atom stereocenters. The summed E-state index contributed by atoms with van der Waals surface area (Å²) in [5.41, 5.74) is 8.34. The lowest BCUT2D eigenvalue weighted by Crippen LogP contribution is -2.23. The molecule has 2 aromatic carbocycles. The van der Waals surface area contributed by atoms with Gasteiger partial charge in [-0.15, -0.1) is 0 Å². The first-order chi connectivity index (χ1) is 11.3. The molecule has 0 aromatic heterocycles. The van der Waals surface area contributed by atoms with Gasteiger partial charge in [0.15, 0.2) is 0 Å². The highest BCUT2D eigenvalue weighted by atomic mass is 19.1. The quantitative estimate of drug-likeness (QED) is 0.760. The van der Waals surface area contributed by atoms with Crippen molar-refractivity contribution >= 4 is 5.91 Å². The van der Waals surface area contributed by atoms with E-state index in [1.54, 1.807) is 26.0 Å². The molecule has 0 spiro atoms. The van der Waals surface area contributed by atoms with Crippen molar-refractivity contribution in [2.45, 2.75) is 26.5 Å². The van der Waals surface area contributed by atoms with Gasteiger partial charge < -0.3 is 16.2 Å². The first-order valence-corrected chi connectivity index (χ1v) is 7.52. The zero-order valence-corrected chi connectivity index (χ0v) is 13.6. The number of aryl methyl sites for hydroxylation is 2. The van der Waals surface area contributed by atoms with Crippen molar-refractivity contribution in [2.24, 2.45) is 5.73 Å². The highest BCUT2D eigenvalue weighted by Crippen LogP contribution is 2.23. The summed E-state index contributed by atoms with van der Waals surface area (Å²) in [6.45, 7) is 4.01. The SMILES string of the molecule is Cc1cc(C(N)=O)cc(C)c1C(O)CNCc1cc(F)cc(F)c1. The van der Waals surface area contributed by atoms with Crippen LogP contribution in [-0.2, 0) is 6.54 Å². The average Bonchev–Trinajstić information content (AvgIpc) is 2.45. The fraction of sp³-hybridized carbons (Fsp3) is 0.278. The maximum absolute atomic E-state index is 13.1. The molecule has 1 unspecified atom stereocenters. The van der Waals surface area contributed by atoms with Crippen molar-refractivity contribution in [3.05, 3.63) is 69.8 Å². The second-order valence-electron chi connectivity index (χ2n) is 5.81. The minimum absolute atomic E-state index is 0.204. The molecule has 0 radical (unpaired) electrons. The number of halogens is 2. The molecule has 0 aliphatic heterocycles. The summed E-state index contributed by atoms with van der Waals surface area (Å²) >= 11 is 0. The molecule has 0 aliphatic rings. The zero-order valence-electron chi connectivity index (χ0n) is 13.6. The summed E-state index contributed by atoms with van der Waals surface area (Å²) in [7, 11) is 0. The summed E-state index contributed by atoms with van der Waals surface area (Å²) in [6, 6.07) is 6.55. The van der Waals surface area contributed by atoms with Gasteiger partial charge in [-0.2, -0.15) is 0 Å². The minimum atomic E-state index is -0.815. The van der Waals surface area contributed by atoms with E-state index >= 15 is 0 Å². The summed E-state index contributed by atoms with van der Waals surface area (Å²) in [5, 5.41) is 13.3. The van der Waals surface area contributed by atoms with Crippen LogP contribution in [0, 0.1) is 25.5 Å². The van der Waals surface area contributed by atoms with Gasteiger partial charge in [-0.3, -0.25) is 4.79 Å². The monoisotopic (exact) mass is 334 g/mol. The van der Waals surface area contributed by atoms with Crippen molar-refractivity contribution in [3.8, 4) is 0 Å². The van der Waals surface area contributed by atoms with E-state index in [0.29, 0.717) is 16.7 Å². The van der Waals surface area contributed by atoms with E-state index in [9.17, 15) is 18.7 Å². The summed E-state index contributed by atoms with van der Waals surface area (Å²) in [5.74, 6) is -1.80. The minimum Gasteiger partial charge on any atom is -0.387 e. The van der Waals surface area contributed by atoms with Crippen molar-refractivity contribution < 1.29 is 18.7 Å². The molecule has 1 amide bonds. The molecule has 0 saturated heterocycles. The Labute approximate surface area is 139 Å². The van der Waals surface area contributed by atoms with Crippen LogP contribution in [0.3, 0.4) is 0 Å². The normalized spacial score (nSPS) is 12.2. The highest BCUT2D eigenvalue weighted by molar-refractivity contribution is 5.93. The van der Waals surface area contributed by atoms with Crippen LogP contribution in [0.15, 0.2) is 30.3 Å². The van der Waals surface area contributed by atoms with Gasteiger partial charge in [0, 0.05) is 24.7 Å². The molecule has 0 fully saturated rings. The van der Waals surface area contributed by atoms with Crippen LogP contribution in [0.1, 0.15) is 38.7 Å². The Balaban J connectivity index is 2.05. The van der Waals surface area contributed by atoms with Crippen LogP contribution in [0.5, 0.6) is 0 Å². The van der Waals surface area contributed by atoms with Gasteiger partial charge in [0.05, 0.1) is 6.10 Å². The van der Waals surface area contributed by atoms with E-state index < -0.39 is 23.6 Å². The lowest BCUT2D eigenvalue weighted by molar-refractivity contribution is 0.0999. The molecule has 6 heteroatoms. The Bertz CT molecular complexity index is 719. The third-order valence-electron chi connectivity index (χ3n) is 3.80. The fourth-order valence-electron chi connectivity index (χ4n) is 2.81. The number of amides is 1. The van der Waals surface area contributed by atoms with Gasteiger partial charge >= 0.3 is 0 Å². The number of aliphatic hydroxyl groups excluding tert-OH is 1. The van der Waals surface area contributed by atoms with Gasteiger partial charge in [0.2, 0.25) is 5.91 Å². The number of benzene rings is 2. The number of aliphatic hydroxyl groups is 1. The van der Waals surface area contributed by atoms with Crippen LogP contribution in [0.4, 0.5) is 8.78 Å². The van der Waals surface area contributed by atoms with E-state index in [-0.39, 0.29) is 13.1 Å². The predicted octanol–water partition coefficient (Wildman–Crippen LogP) is 2.50. The molecule has 128 valence electrons. The predicted molar refractivity (Wildman–Crippen MR) is 87.5 cm³/mol. The molecule has 0 saturated carbocycles. The topological polar surface area (TPSA) is 75.4 Å². The van der Waals surface area contributed by atoms with Crippen LogP contribution >= 0.6 is 0 Å². The number of nitrogens with two attached hydrogens (primary N) is 1. The van der Waals surface area contributed by atoms with Crippen LogP contribution in [-0.4, -0.2) is 17.6 Å². The summed E-state index contributed by atoms with van der Waals surface area (Å²) in [6.07, 6.45) is -0.815. The van der Waals surface area contributed by atoms with Crippen LogP contribution < -0.4 is 11.1 Å². The average molecular weight is 334 g/mol. The number of hydrogen-bond acceptors (Lipinski definition) is 3. The van der Waals surface area contributed by atoms with E-state index in [1.165, 1.54) is 12.1 Å². The largest absolute Gasteiger partial charge is 0.387 e. The third-order valence-corrected chi connectivity index (χ3v) is 3.80. The smallest absolute Gasteiger partial charge is 0.248 e. The van der Waals surface area contributed by atoms with Crippen molar-refractivity contribution in [1.82, 2.24) is 5.32 Å². The number of carbonyl (C=O) groups excluding carboxylic acids is 1.